The van der Waals surface area contributed by atoms with Gasteiger partial charge in [-0.15, -0.1) is 0 Å². The number of unbranched alkanes of at least 4 members (excludes halogenated alkanes) is 5. The summed E-state index contributed by atoms with van der Waals surface area (Å²) in [5, 5.41) is 0. The Kier molecular flexibility index (Phi) is 14.2. The van der Waals surface area contributed by atoms with Gasteiger partial charge in [0.25, 0.3) is 0 Å². The molecular formula is C37H64F4. The minimum atomic E-state index is -1.30. The van der Waals surface area contributed by atoms with E-state index in [-0.39, 0.29) is 23.7 Å². The molecule has 4 aliphatic carbocycles. The lowest BCUT2D eigenvalue weighted by Crippen LogP contribution is -2.45. The Balaban J connectivity index is 1.13. The second-order valence-electron chi connectivity index (χ2n) is 15.3. The minimum absolute atomic E-state index is 0.0615. The summed E-state index contributed by atoms with van der Waals surface area (Å²) in [7, 11) is 0. The first kappa shape index (κ1) is 33.6. The Morgan fingerprint density at radius 1 is 0.390 bits per heavy atom. The van der Waals surface area contributed by atoms with Crippen molar-refractivity contribution >= 4 is 0 Å². The van der Waals surface area contributed by atoms with Crippen molar-refractivity contribution in [1.29, 1.82) is 0 Å². The molecule has 8 atom stereocenters. The van der Waals surface area contributed by atoms with E-state index in [2.05, 4.69) is 13.8 Å². The molecule has 0 amide bonds. The molecule has 0 saturated heterocycles. The summed E-state index contributed by atoms with van der Waals surface area (Å²) in [4.78, 5) is 0. The maximum atomic E-state index is 15.6. The molecule has 0 heterocycles. The molecular weight excluding hydrogens is 520 g/mol. The maximum Gasteiger partial charge on any atom is 0.134 e. The molecule has 4 aliphatic rings. The van der Waals surface area contributed by atoms with Crippen LogP contribution in [0.5, 0.6) is 0 Å². The fraction of sp³-hybridized carbons (Fsp3) is 1.00. The van der Waals surface area contributed by atoms with E-state index in [1.165, 1.54) is 51.4 Å². The summed E-state index contributed by atoms with van der Waals surface area (Å²) in [6.45, 7) is 4.43. The largest absolute Gasteiger partial charge is 0.244 e. The first-order valence-corrected chi connectivity index (χ1v) is 18.5. The van der Waals surface area contributed by atoms with Gasteiger partial charge < -0.3 is 0 Å². The summed E-state index contributed by atoms with van der Waals surface area (Å²) >= 11 is 0. The predicted octanol–water partition coefficient (Wildman–Crippen LogP) is 12.3. The molecule has 0 radical (unpaired) electrons. The second kappa shape index (κ2) is 17.3. The molecule has 0 aromatic heterocycles. The van der Waals surface area contributed by atoms with Crippen LogP contribution in [0.3, 0.4) is 0 Å². The van der Waals surface area contributed by atoms with Gasteiger partial charge >= 0.3 is 0 Å². The van der Waals surface area contributed by atoms with Crippen LogP contribution < -0.4 is 0 Å². The zero-order valence-corrected chi connectivity index (χ0v) is 26.7. The lowest BCUT2D eigenvalue weighted by molar-refractivity contribution is -0.0375. The van der Waals surface area contributed by atoms with Crippen LogP contribution in [0.4, 0.5) is 17.6 Å². The number of alkyl halides is 4. The number of hydrogen-bond donors (Lipinski definition) is 0. The monoisotopic (exact) mass is 584 g/mol. The van der Waals surface area contributed by atoms with Crippen molar-refractivity contribution in [3.8, 4) is 0 Å². The van der Waals surface area contributed by atoms with E-state index in [0.717, 1.165) is 102 Å². The highest BCUT2D eigenvalue weighted by molar-refractivity contribution is 4.96. The highest BCUT2D eigenvalue weighted by Gasteiger charge is 2.47. The lowest BCUT2D eigenvalue weighted by atomic mass is 9.63. The third-order valence-electron chi connectivity index (χ3n) is 12.7. The van der Waals surface area contributed by atoms with E-state index in [4.69, 9.17) is 0 Å². The zero-order valence-electron chi connectivity index (χ0n) is 26.7. The highest BCUT2D eigenvalue weighted by atomic mass is 19.2. The number of rotatable bonds is 14. The van der Waals surface area contributed by atoms with Crippen LogP contribution in [0.15, 0.2) is 0 Å². The van der Waals surface area contributed by atoms with Gasteiger partial charge in [-0.1, -0.05) is 97.3 Å². The van der Waals surface area contributed by atoms with E-state index >= 15 is 13.2 Å². The molecule has 0 aliphatic heterocycles. The number of halogens is 4. The zero-order chi connectivity index (χ0) is 29.2. The summed E-state index contributed by atoms with van der Waals surface area (Å²) in [6, 6.07) is 0. The van der Waals surface area contributed by atoms with Crippen molar-refractivity contribution in [2.75, 3.05) is 0 Å². The lowest BCUT2D eigenvalue weighted by Gasteiger charge is -2.45. The third-order valence-corrected chi connectivity index (χ3v) is 12.7. The van der Waals surface area contributed by atoms with Gasteiger partial charge in [0.05, 0.1) is 0 Å². The maximum absolute atomic E-state index is 15.6. The van der Waals surface area contributed by atoms with Gasteiger partial charge in [-0.05, 0) is 112 Å². The molecule has 0 N–H and O–H groups in total. The molecule has 0 aromatic rings. The molecule has 4 saturated carbocycles. The van der Waals surface area contributed by atoms with Gasteiger partial charge in [0.1, 0.15) is 24.7 Å². The van der Waals surface area contributed by atoms with E-state index in [9.17, 15) is 4.39 Å². The van der Waals surface area contributed by atoms with Crippen molar-refractivity contribution < 1.29 is 17.6 Å². The van der Waals surface area contributed by atoms with Crippen LogP contribution >= 0.6 is 0 Å². The molecule has 0 bridgehead atoms. The molecule has 0 aromatic carbocycles. The average Bonchev–Trinajstić information content (AvgIpc) is 2.99. The van der Waals surface area contributed by atoms with Crippen LogP contribution in [0.25, 0.3) is 0 Å². The summed E-state index contributed by atoms with van der Waals surface area (Å²) in [5.74, 6) is 1.68. The van der Waals surface area contributed by atoms with Gasteiger partial charge in [0.15, 0.2) is 0 Å². The summed E-state index contributed by atoms with van der Waals surface area (Å²) in [6.07, 6.45) is 19.4. The molecule has 4 rings (SSSR count). The van der Waals surface area contributed by atoms with Crippen LogP contribution in [-0.4, -0.2) is 24.7 Å². The van der Waals surface area contributed by atoms with E-state index in [0.29, 0.717) is 17.8 Å². The van der Waals surface area contributed by atoms with Crippen molar-refractivity contribution in [3.05, 3.63) is 0 Å². The van der Waals surface area contributed by atoms with Crippen molar-refractivity contribution in [2.45, 2.75) is 186 Å². The summed E-state index contributed by atoms with van der Waals surface area (Å²) < 4.78 is 61.0. The molecule has 4 heteroatoms. The molecule has 0 nitrogen and oxygen atoms in total. The van der Waals surface area contributed by atoms with Gasteiger partial charge in [-0.25, -0.2) is 17.6 Å². The highest BCUT2D eigenvalue weighted by Crippen LogP contribution is 2.49. The smallest absolute Gasteiger partial charge is 0.134 e. The minimum Gasteiger partial charge on any atom is -0.244 e. The molecule has 0 spiro atoms. The van der Waals surface area contributed by atoms with Gasteiger partial charge in [0.2, 0.25) is 0 Å². The first-order valence-electron chi connectivity index (χ1n) is 18.5. The van der Waals surface area contributed by atoms with Gasteiger partial charge in [-0.2, -0.15) is 0 Å². The standard InChI is InChI=1S/C37H64F4/c1-3-5-7-9-11-30-22-23-31(35(39)34(30)38)21-16-27-14-19-29(20-15-27)33-25-24-32(36(40)37(33)41)28-17-12-26(13-18-28)10-8-6-4-2/h26-37H,3-25H2,1-2H3/t26?,27?,28?,29?,30?,31?,32?,33?,34-,35?,36?,37?/m0/s1. The Hall–Kier alpha value is -0.280. The molecule has 7 unspecified atom stereocenters. The van der Waals surface area contributed by atoms with Gasteiger partial charge in [0, 0.05) is 0 Å². The van der Waals surface area contributed by atoms with Crippen LogP contribution in [-0.2, 0) is 0 Å². The second-order valence-corrected chi connectivity index (χ2v) is 15.3. The fourth-order valence-electron chi connectivity index (χ4n) is 9.82. The fourth-order valence-corrected chi connectivity index (χ4v) is 9.82. The van der Waals surface area contributed by atoms with Crippen LogP contribution in [0.1, 0.15) is 162 Å². The Bertz CT molecular complexity index is 697. The quantitative estimate of drug-likeness (QED) is 0.141. The van der Waals surface area contributed by atoms with Crippen molar-refractivity contribution in [2.24, 2.45) is 47.3 Å². The number of hydrogen-bond acceptors (Lipinski definition) is 0. The third kappa shape index (κ3) is 9.36. The normalized spacial score (nSPS) is 42.3. The first-order chi connectivity index (χ1) is 19.9. The SMILES string of the molecule is CCCCCCC1CCC(CCC2CCC(C3CCC(C4CCC(CCCCC)CC4)C(F)C3F)CC2)C(F)[C@H]1F. The Labute approximate surface area is 251 Å². The van der Waals surface area contributed by atoms with E-state index < -0.39 is 24.7 Å². The molecule has 240 valence electrons. The Morgan fingerprint density at radius 2 is 0.829 bits per heavy atom. The van der Waals surface area contributed by atoms with Crippen LogP contribution in [0, 0.1) is 47.3 Å². The Morgan fingerprint density at radius 3 is 1.34 bits per heavy atom. The molecule has 41 heavy (non-hydrogen) atoms. The van der Waals surface area contributed by atoms with E-state index in [1.807, 2.05) is 0 Å². The van der Waals surface area contributed by atoms with Gasteiger partial charge in [-0.3, -0.25) is 0 Å². The predicted molar refractivity (Wildman–Crippen MR) is 165 cm³/mol. The van der Waals surface area contributed by atoms with Crippen LogP contribution in [0.2, 0.25) is 0 Å². The van der Waals surface area contributed by atoms with Crippen molar-refractivity contribution in [1.82, 2.24) is 0 Å². The summed E-state index contributed by atoms with van der Waals surface area (Å²) in [5.41, 5.74) is 0. The van der Waals surface area contributed by atoms with E-state index in [1.54, 1.807) is 0 Å². The topological polar surface area (TPSA) is 0 Å². The molecule has 4 fully saturated rings. The average molecular weight is 585 g/mol. The van der Waals surface area contributed by atoms with Crippen molar-refractivity contribution in [3.63, 3.8) is 0 Å².